The lowest BCUT2D eigenvalue weighted by Gasteiger charge is -2.35. The highest BCUT2D eigenvalue weighted by Gasteiger charge is 2.27. The Kier molecular flexibility index (Phi) is 6.91. The van der Waals surface area contributed by atoms with Gasteiger partial charge in [0.2, 0.25) is 5.91 Å². The van der Waals surface area contributed by atoms with Gasteiger partial charge < -0.3 is 24.4 Å². The van der Waals surface area contributed by atoms with Gasteiger partial charge in [-0.05, 0) is 60.7 Å². The van der Waals surface area contributed by atoms with E-state index >= 15 is 0 Å². The molecule has 9 heteroatoms. The van der Waals surface area contributed by atoms with Gasteiger partial charge in [0.15, 0.2) is 0 Å². The van der Waals surface area contributed by atoms with E-state index in [-0.39, 0.29) is 24.3 Å². The van der Waals surface area contributed by atoms with Crippen molar-refractivity contribution in [1.82, 2.24) is 14.4 Å². The maximum atomic E-state index is 13.1. The Labute approximate surface area is 196 Å². The van der Waals surface area contributed by atoms with Crippen LogP contribution in [0.4, 0.5) is 10.1 Å². The molecule has 1 aromatic heterocycles. The summed E-state index contributed by atoms with van der Waals surface area (Å²) >= 11 is 0. The molecule has 1 N–H and O–H groups in total. The molecule has 0 aliphatic carbocycles. The molecule has 0 radical (unpaired) electrons. The topological polar surface area (TPSA) is 83.9 Å². The number of ether oxygens (including phenoxy) is 1. The fourth-order valence-electron chi connectivity index (χ4n) is 3.83. The summed E-state index contributed by atoms with van der Waals surface area (Å²) in [5.41, 5.74) is 1.45. The summed E-state index contributed by atoms with van der Waals surface area (Å²) in [4.78, 5) is 41.5. The number of hydrogen-bond acceptors (Lipinski definition) is 4. The molecule has 0 bridgehead atoms. The number of piperazine rings is 1. The van der Waals surface area contributed by atoms with Crippen LogP contribution in [0.3, 0.4) is 0 Å². The third-order valence-corrected chi connectivity index (χ3v) is 5.68. The van der Waals surface area contributed by atoms with Crippen molar-refractivity contribution in [2.75, 3.05) is 38.6 Å². The Morgan fingerprint density at radius 3 is 2.12 bits per heavy atom. The lowest BCUT2D eigenvalue weighted by Crippen LogP contribution is -2.51. The Bertz CT molecular complexity index is 1170. The first-order chi connectivity index (χ1) is 16.4. The molecule has 3 aromatic rings. The average Bonchev–Trinajstić information content (AvgIpc) is 3.32. The number of halogens is 1. The standard InChI is InChI=1S/C25H25FN4O4/c1-34-21-10-8-20(9-11-21)27-23(31)17-30-12-2-3-22(30)25(33)29-15-13-28(14-16-29)24(32)18-4-6-19(26)7-5-18/h2-12H,13-17H2,1H3,(H,27,31). The zero-order chi connectivity index (χ0) is 24.1. The molecule has 4 rings (SSSR count). The van der Waals surface area contributed by atoms with E-state index < -0.39 is 5.82 Å². The molecule has 2 heterocycles. The first-order valence-corrected chi connectivity index (χ1v) is 10.9. The number of nitrogens with one attached hydrogen (secondary N) is 1. The zero-order valence-corrected chi connectivity index (χ0v) is 18.7. The molecule has 1 saturated heterocycles. The minimum atomic E-state index is -0.396. The molecule has 8 nitrogen and oxygen atoms in total. The van der Waals surface area contributed by atoms with E-state index in [2.05, 4.69) is 5.32 Å². The molecule has 0 atom stereocenters. The summed E-state index contributed by atoms with van der Waals surface area (Å²) in [7, 11) is 1.57. The first kappa shape index (κ1) is 23.0. The average molecular weight is 464 g/mol. The molecular weight excluding hydrogens is 439 g/mol. The highest BCUT2D eigenvalue weighted by atomic mass is 19.1. The molecule has 0 unspecified atom stereocenters. The number of nitrogens with zero attached hydrogens (tertiary/aromatic N) is 3. The largest absolute Gasteiger partial charge is 0.497 e. The van der Waals surface area contributed by atoms with Gasteiger partial charge in [0.05, 0.1) is 7.11 Å². The van der Waals surface area contributed by atoms with E-state index in [9.17, 15) is 18.8 Å². The first-order valence-electron chi connectivity index (χ1n) is 10.9. The van der Waals surface area contributed by atoms with Crippen LogP contribution < -0.4 is 10.1 Å². The van der Waals surface area contributed by atoms with Gasteiger partial charge in [-0.1, -0.05) is 0 Å². The minimum Gasteiger partial charge on any atom is -0.497 e. The maximum Gasteiger partial charge on any atom is 0.270 e. The summed E-state index contributed by atoms with van der Waals surface area (Å²) in [6.45, 7) is 1.48. The zero-order valence-electron chi connectivity index (χ0n) is 18.7. The van der Waals surface area contributed by atoms with Gasteiger partial charge in [-0.25, -0.2) is 4.39 Å². The van der Waals surface area contributed by atoms with Gasteiger partial charge in [-0.3, -0.25) is 14.4 Å². The lowest BCUT2D eigenvalue weighted by atomic mass is 10.1. The van der Waals surface area contributed by atoms with E-state index in [0.717, 1.165) is 0 Å². The van der Waals surface area contributed by atoms with Gasteiger partial charge in [-0.15, -0.1) is 0 Å². The third kappa shape index (κ3) is 5.25. The quantitative estimate of drug-likeness (QED) is 0.608. The molecule has 176 valence electrons. The van der Waals surface area contributed by atoms with Crippen LogP contribution in [-0.2, 0) is 11.3 Å². The Hall–Kier alpha value is -4.14. The fraction of sp³-hybridized carbons (Fsp3) is 0.240. The number of benzene rings is 2. The predicted molar refractivity (Wildman–Crippen MR) is 124 cm³/mol. The van der Waals surface area contributed by atoms with Crippen LogP contribution in [0.1, 0.15) is 20.8 Å². The van der Waals surface area contributed by atoms with Crippen LogP contribution in [0.5, 0.6) is 5.75 Å². The molecule has 0 saturated carbocycles. The number of methoxy groups -OCH3 is 1. The smallest absolute Gasteiger partial charge is 0.270 e. The van der Waals surface area contributed by atoms with Crippen molar-refractivity contribution in [3.8, 4) is 5.75 Å². The predicted octanol–water partition coefficient (Wildman–Crippen LogP) is 2.87. The summed E-state index contributed by atoms with van der Waals surface area (Å²) in [5.74, 6) is -0.352. The molecule has 2 aromatic carbocycles. The minimum absolute atomic E-state index is 0.0108. The van der Waals surface area contributed by atoms with E-state index in [1.165, 1.54) is 24.3 Å². The van der Waals surface area contributed by atoms with Crippen molar-refractivity contribution in [3.05, 3.63) is 83.9 Å². The normalized spacial score (nSPS) is 13.5. The van der Waals surface area contributed by atoms with Crippen molar-refractivity contribution >= 4 is 23.4 Å². The van der Waals surface area contributed by atoms with Crippen molar-refractivity contribution in [3.63, 3.8) is 0 Å². The van der Waals surface area contributed by atoms with E-state index in [4.69, 9.17) is 4.74 Å². The van der Waals surface area contributed by atoms with Crippen molar-refractivity contribution in [1.29, 1.82) is 0 Å². The second-order valence-electron chi connectivity index (χ2n) is 7.89. The summed E-state index contributed by atoms with van der Waals surface area (Å²) in [6.07, 6.45) is 1.69. The fourth-order valence-corrected chi connectivity index (χ4v) is 3.83. The van der Waals surface area contributed by atoms with Crippen molar-refractivity contribution in [2.45, 2.75) is 6.54 Å². The number of amides is 3. The number of hydrogen-bond donors (Lipinski definition) is 1. The number of anilines is 1. The Morgan fingerprint density at radius 2 is 1.50 bits per heavy atom. The van der Waals surface area contributed by atoms with Crippen LogP contribution >= 0.6 is 0 Å². The highest BCUT2D eigenvalue weighted by Crippen LogP contribution is 2.16. The van der Waals surface area contributed by atoms with Gasteiger partial charge in [0.1, 0.15) is 23.8 Å². The van der Waals surface area contributed by atoms with E-state index in [1.807, 2.05) is 0 Å². The summed E-state index contributed by atoms with van der Waals surface area (Å²) in [6, 6.07) is 15.8. The van der Waals surface area contributed by atoms with Gasteiger partial charge in [-0.2, -0.15) is 0 Å². The maximum absolute atomic E-state index is 13.1. The van der Waals surface area contributed by atoms with Crippen molar-refractivity contribution in [2.24, 2.45) is 0 Å². The molecule has 1 aliphatic heterocycles. The molecular formula is C25H25FN4O4. The van der Waals surface area contributed by atoms with Crippen LogP contribution in [0.25, 0.3) is 0 Å². The summed E-state index contributed by atoms with van der Waals surface area (Å²) in [5, 5.41) is 2.81. The number of carbonyl (C=O) groups excluding carboxylic acids is 3. The molecule has 0 spiro atoms. The SMILES string of the molecule is COc1ccc(NC(=O)Cn2cccc2C(=O)N2CCN(C(=O)c3ccc(F)cc3)CC2)cc1. The molecule has 1 aliphatic rings. The Morgan fingerprint density at radius 1 is 0.882 bits per heavy atom. The monoisotopic (exact) mass is 464 g/mol. The van der Waals surface area contributed by atoms with Crippen LogP contribution in [-0.4, -0.2) is 65.4 Å². The van der Waals surface area contributed by atoms with Gasteiger partial charge in [0, 0.05) is 43.6 Å². The van der Waals surface area contributed by atoms with Crippen LogP contribution in [0, 0.1) is 5.82 Å². The summed E-state index contributed by atoms with van der Waals surface area (Å²) < 4.78 is 19.8. The van der Waals surface area contributed by atoms with Crippen LogP contribution in [0.2, 0.25) is 0 Å². The second-order valence-corrected chi connectivity index (χ2v) is 7.89. The molecule has 3 amide bonds. The van der Waals surface area contributed by atoms with Crippen molar-refractivity contribution < 1.29 is 23.5 Å². The highest BCUT2D eigenvalue weighted by molar-refractivity contribution is 5.96. The van der Waals surface area contributed by atoms with Gasteiger partial charge in [0.25, 0.3) is 11.8 Å². The van der Waals surface area contributed by atoms with Gasteiger partial charge >= 0.3 is 0 Å². The Balaban J connectivity index is 1.33. The number of aromatic nitrogens is 1. The van der Waals surface area contributed by atoms with E-state index in [1.54, 1.807) is 64.1 Å². The number of rotatable bonds is 6. The van der Waals surface area contributed by atoms with Crippen LogP contribution in [0.15, 0.2) is 66.9 Å². The second kappa shape index (κ2) is 10.2. The third-order valence-electron chi connectivity index (χ3n) is 5.68. The molecule has 34 heavy (non-hydrogen) atoms. The lowest BCUT2D eigenvalue weighted by molar-refractivity contribution is -0.116. The molecule has 1 fully saturated rings. The van der Waals surface area contributed by atoms with E-state index in [0.29, 0.717) is 48.9 Å². The number of carbonyl (C=O) groups is 3.